The standard InChI is InChI=1S/C22H24N4O3S/c1-14-18(25-22(29-14)19-3-2-12-30-19)13-20(27)24-16-4-6-17(7-5-16)26-10-8-15(9-11-26)21(23)28/h2-7,12,15H,8-11,13H2,1H3,(H2,23,28)(H,24,27). The molecule has 7 nitrogen and oxygen atoms in total. The molecule has 8 heteroatoms. The average molecular weight is 425 g/mol. The molecule has 156 valence electrons. The summed E-state index contributed by atoms with van der Waals surface area (Å²) in [6.07, 6.45) is 1.71. The van der Waals surface area contributed by atoms with E-state index in [4.69, 9.17) is 10.2 Å². The zero-order valence-corrected chi connectivity index (χ0v) is 17.6. The number of anilines is 2. The number of rotatable bonds is 6. The lowest BCUT2D eigenvalue weighted by Crippen LogP contribution is -2.38. The van der Waals surface area contributed by atoms with E-state index in [0.29, 0.717) is 17.3 Å². The van der Waals surface area contributed by atoms with E-state index in [-0.39, 0.29) is 24.2 Å². The Bertz CT molecular complexity index is 1020. The van der Waals surface area contributed by atoms with Crippen LogP contribution in [-0.4, -0.2) is 29.9 Å². The van der Waals surface area contributed by atoms with E-state index in [1.54, 1.807) is 11.3 Å². The number of amides is 2. The van der Waals surface area contributed by atoms with E-state index in [0.717, 1.165) is 42.2 Å². The summed E-state index contributed by atoms with van der Waals surface area (Å²) in [6.45, 7) is 3.43. The molecular weight excluding hydrogens is 400 g/mol. The molecule has 1 saturated heterocycles. The van der Waals surface area contributed by atoms with Gasteiger partial charge in [0, 0.05) is 30.4 Å². The van der Waals surface area contributed by atoms with Crippen LogP contribution >= 0.6 is 11.3 Å². The van der Waals surface area contributed by atoms with Gasteiger partial charge < -0.3 is 20.4 Å². The van der Waals surface area contributed by atoms with Crippen molar-refractivity contribution in [1.29, 1.82) is 0 Å². The molecule has 0 unspecified atom stereocenters. The second-order valence-electron chi connectivity index (χ2n) is 7.43. The minimum Gasteiger partial charge on any atom is -0.440 e. The molecule has 2 amide bonds. The van der Waals surface area contributed by atoms with E-state index < -0.39 is 0 Å². The van der Waals surface area contributed by atoms with Crippen molar-refractivity contribution in [2.45, 2.75) is 26.2 Å². The van der Waals surface area contributed by atoms with Gasteiger partial charge in [0.15, 0.2) is 0 Å². The first-order chi connectivity index (χ1) is 14.5. The molecule has 1 aliphatic rings. The number of oxazole rings is 1. The van der Waals surface area contributed by atoms with Crippen LogP contribution < -0.4 is 16.0 Å². The first-order valence-electron chi connectivity index (χ1n) is 9.94. The molecule has 0 spiro atoms. The first-order valence-corrected chi connectivity index (χ1v) is 10.8. The van der Waals surface area contributed by atoms with Crippen molar-refractivity contribution in [3.8, 4) is 10.8 Å². The Morgan fingerprint density at radius 3 is 2.60 bits per heavy atom. The van der Waals surface area contributed by atoms with Crippen LogP contribution in [0.5, 0.6) is 0 Å². The number of nitrogens with two attached hydrogens (primary N) is 1. The van der Waals surface area contributed by atoms with Gasteiger partial charge in [0.25, 0.3) is 0 Å². The van der Waals surface area contributed by atoms with Gasteiger partial charge in [-0.3, -0.25) is 9.59 Å². The van der Waals surface area contributed by atoms with E-state index in [1.807, 2.05) is 48.7 Å². The Morgan fingerprint density at radius 1 is 1.23 bits per heavy atom. The lowest BCUT2D eigenvalue weighted by Gasteiger charge is -2.32. The summed E-state index contributed by atoms with van der Waals surface area (Å²) in [7, 11) is 0. The molecule has 3 aromatic rings. The monoisotopic (exact) mass is 424 g/mol. The van der Waals surface area contributed by atoms with Gasteiger partial charge in [0.1, 0.15) is 5.76 Å². The molecule has 3 heterocycles. The van der Waals surface area contributed by atoms with Crippen molar-refractivity contribution < 1.29 is 14.0 Å². The van der Waals surface area contributed by atoms with Crippen LogP contribution in [0.1, 0.15) is 24.3 Å². The summed E-state index contributed by atoms with van der Waals surface area (Å²) < 4.78 is 5.70. The molecular formula is C22H24N4O3S. The van der Waals surface area contributed by atoms with Crippen molar-refractivity contribution in [1.82, 2.24) is 4.98 Å². The molecule has 1 aromatic carbocycles. The van der Waals surface area contributed by atoms with Crippen molar-refractivity contribution in [2.75, 3.05) is 23.3 Å². The maximum Gasteiger partial charge on any atom is 0.236 e. The van der Waals surface area contributed by atoms with E-state index in [9.17, 15) is 9.59 Å². The minimum atomic E-state index is -0.211. The SMILES string of the molecule is Cc1oc(-c2cccs2)nc1CC(=O)Nc1ccc(N2CCC(C(N)=O)CC2)cc1. The van der Waals surface area contributed by atoms with Gasteiger partial charge in [-0.05, 0) is 55.5 Å². The zero-order chi connectivity index (χ0) is 21.1. The summed E-state index contributed by atoms with van der Waals surface area (Å²) in [5, 5.41) is 4.88. The van der Waals surface area contributed by atoms with Crippen LogP contribution in [0.3, 0.4) is 0 Å². The van der Waals surface area contributed by atoms with Gasteiger partial charge in [0.2, 0.25) is 17.7 Å². The molecule has 0 bridgehead atoms. The zero-order valence-electron chi connectivity index (χ0n) is 16.8. The molecule has 3 N–H and O–H groups in total. The van der Waals surface area contributed by atoms with Crippen molar-refractivity contribution >= 4 is 34.5 Å². The third kappa shape index (κ3) is 4.54. The number of thiophene rings is 1. The molecule has 0 aliphatic carbocycles. The number of carbonyl (C=O) groups is 2. The Balaban J connectivity index is 1.34. The Kier molecular flexibility index (Phi) is 5.85. The molecule has 1 aliphatic heterocycles. The van der Waals surface area contributed by atoms with Gasteiger partial charge >= 0.3 is 0 Å². The number of hydrogen-bond donors (Lipinski definition) is 2. The summed E-state index contributed by atoms with van der Waals surface area (Å²) in [5.74, 6) is 0.829. The normalized spacial score (nSPS) is 14.6. The highest BCUT2D eigenvalue weighted by Gasteiger charge is 2.23. The van der Waals surface area contributed by atoms with Crippen LogP contribution in [0.4, 0.5) is 11.4 Å². The van der Waals surface area contributed by atoms with Crippen LogP contribution in [0, 0.1) is 12.8 Å². The van der Waals surface area contributed by atoms with E-state index in [1.165, 1.54) is 0 Å². The highest BCUT2D eigenvalue weighted by atomic mass is 32.1. The summed E-state index contributed by atoms with van der Waals surface area (Å²) >= 11 is 1.55. The second-order valence-corrected chi connectivity index (χ2v) is 8.38. The smallest absolute Gasteiger partial charge is 0.236 e. The number of nitrogens with one attached hydrogen (secondary N) is 1. The Labute approximate surface area is 178 Å². The Hall–Kier alpha value is -3.13. The summed E-state index contributed by atoms with van der Waals surface area (Å²) in [5.41, 5.74) is 7.85. The molecule has 30 heavy (non-hydrogen) atoms. The van der Waals surface area contributed by atoms with Crippen molar-refractivity contribution in [3.05, 3.63) is 53.2 Å². The van der Waals surface area contributed by atoms with Crippen molar-refractivity contribution in [2.24, 2.45) is 11.7 Å². The average Bonchev–Trinajstić information content (AvgIpc) is 3.39. The number of primary amides is 1. The Morgan fingerprint density at radius 2 is 1.97 bits per heavy atom. The largest absolute Gasteiger partial charge is 0.440 e. The fourth-order valence-electron chi connectivity index (χ4n) is 3.63. The van der Waals surface area contributed by atoms with Gasteiger partial charge in [-0.1, -0.05) is 6.07 Å². The number of carbonyl (C=O) groups excluding carboxylic acids is 2. The van der Waals surface area contributed by atoms with E-state index in [2.05, 4.69) is 15.2 Å². The van der Waals surface area contributed by atoms with Gasteiger partial charge in [0.05, 0.1) is 17.0 Å². The second kappa shape index (κ2) is 8.71. The van der Waals surface area contributed by atoms with Gasteiger partial charge in [-0.2, -0.15) is 0 Å². The number of benzene rings is 1. The number of hydrogen-bond acceptors (Lipinski definition) is 6. The topological polar surface area (TPSA) is 101 Å². The van der Waals surface area contributed by atoms with Crippen LogP contribution in [0.25, 0.3) is 10.8 Å². The number of aromatic nitrogens is 1. The molecule has 0 saturated carbocycles. The third-order valence-corrected chi connectivity index (χ3v) is 6.22. The first kappa shape index (κ1) is 20.2. The maximum atomic E-state index is 12.5. The third-order valence-electron chi connectivity index (χ3n) is 5.37. The quantitative estimate of drug-likeness (QED) is 0.630. The van der Waals surface area contributed by atoms with Gasteiger partial charge in [-0.15, -0.1) is 11.3 Å². The van der Waals surface area contributed by atoms with Crippen LogP contribution in [-0.2, 0) is 16.0 Å². The highest BCUT2D eigenvalue weighted by molar-refractivity contribution is 7.13. The lowest BCUT2D eigenvalue weighted by atomic mass is 9.96. The fourth-order valence-corrected chi connectivity index (χ4v) is 4.28. The molecule has 4 rings (SSSR count). The van der Waals surface area contributed by atoms with Gasteiger partial charge in [-0.25, -0.2) is 4.98 Å². The predicted molar refractivity (Wildman–Crippen MR) is 117 cm³/mol. The minimum absolute atomic E-state index is 0.0277. The summed E-state index contributed by atoms with van der Waals surface area (Å²) in [6, 6.07) is 11.6. The molecule has 0 atom stereocenters. The number of nitrogens with zero attached hydrogens (tertiary/aromatic N) is 2. The highest BCUT2D eigenvalue weighted by Crippen LogP contribution is 2.27. The fraction of sp³-hybridized carbons (Fsp3) is 0.318. The molecule has 0 radical (unpaired) electrons. The molecule has 1 fully saturated rings. The van der Waals surface area contributed by atoms with E-state index >= 15 is 0 Å². The van der Waals surface area contributed by atoms with Crippen LogP contribution in [0.2, 0.25) is 0 Å². The van der Waals surface area contributed by atoms with Crippen molar-refractivity contribution in [3.63, 3.8) is 0 Å². The van der Waals surface area contributed by atoms with Crippen LogP contribution in [0.15, 0.2) is 46.2 Å². The predicted octanol–water partition coefficient (Wildman–Crippen LogP) is 3.59. The number of aryl methyl sites for hydroxylation is 1. The lowest BCUT2D eigenvalue weighted by molar-refractivity contribution is -0.122. The number of piperidine rings is 1. The molecule has 2 aromatic heterocycles. The summed E-state index contributed by atoms with van der Waals surface area (Å²) in [4.78, 5) is 31.4. The maximum absolute atomic E-state index is 12.5.